The van der Waals surface area contributed by atoms with E-state index in [0.717, 1.165) is 31.5 Å². The molecule has 1 fully saturated rings. The summed E-state index contributed by atoms with van der Waals surface area (Å²) < 4.78 is 2.35. The van der Waals surface area contributed by atoms with Gasteiger partial charge in [0, 0.05) is 30.0 Å². The topological polar surface area (TPSA) is 37.3 Å². The number of anilines is 1. The number of amides is 1. The van der Waals surface area contributed by atoms with Crippen LogP contribution in [0.2, 0.25) is 5.02 Å². The summed E-state index contributed by atoms with van der Waals surface area (Å²) in [6.07, 6.45) is 4.39. The number of rotatable bonds is 2. The minimum absolute atomic E-state index is 0.130. The molecule has 0 radical (unpaired) electrons. The molecule has 3 aromatic rings. The van der Waals surface area contributed by atoms with Gasteiger partial charge in [-0.25, -0.2) is 0 Å². The molecule has 2 aliphatic heterocycles. The number of piperidine rings is 1. The second kappa shape index (κ2) is 7.21. The fraction of sp³-hybridized carbons (Fsp3) is 0.320. The molecular formula is C25H26ClN3O. The number of hydrogen-bond donors (Lipinski definition) is 1. The van der Waals surface area contributed by atoms with Gasteiger partial charge in [-0.1, -0.05) is 29.8 Å². The van der Waals surface area contributed by atoms with Crippen molar-refractivity contribution in [1.29, 1.82) is 0 Å². The standard InChI is InChI=1S/C25H26ClN3O/c1-17-5-10-21-24(18(17)2)29-13-3-4-22(29)25(27-21)11-14-28(15-12-25)23(30)16-19-6-8-20(26)9-7-19/h3-10,13,27H,11-12,14-16H2,1-2H3. The highest BCUT2D eigenvalue weighted by Gasteiger charge is 2.42. The number of benzene rings is 2. The van der Waals surface area contributed by atoms with E-state index in [4.69, 9.17) is 11.6 Å². The summed E-state index contributed by atoms with van der Waals surface area (Å²) in [5.74, 6) is 0.185. The quantitative estimate of drug-likeness (QED) is 0.617. The van der Waals surface area contributed by atoms with Crippen LogP contribution in [0.1, 0.15) is 35.2 Å². The molecule has 1 spiro atoms. The first-order valence-corrected chi connectivity index (χ1v) is 10.9. The monoisotopic (exact) mass is 419 g/mol. The van der Waals surface area contributed by atoms with E-state index in [0.29, 0.717) is 11.4 Å². The van der Waals surface area contributed by atoms with Crippen molar-refractivity contribution >= 4 is 23.2 Å². The summed E-state index contributed by atoms with van der Waals surface area (Å²) in [5, 5.41) is 4.56. The van der Waals surface area contributed by atoms with Gasteiger partial charge in [-0.05, 0) is 73.7 Å². The Balaban J connectivity index is 1.36. The van der Waals surface area contributed by atoms with Crippen LogP contribution in [-0.4, -0.2) is 28.5 Å². The van der Waals surface area contributed by atoms with E-state index in [2.05, 4.69) is 54.2 Å². The van der Waals surface area contributed by atoms with Gasteiger partial charge in [0.25, 0.3) is 0 Å². The molecule has 0 bridgehead atoms. The van der Waals surface area contributed by atoms with Crippen LogP contribution in [0.3, 0.4) is 0 Å². The molecule has 2 aromatic carbocycles. The third kappa shape index (κ3) is 3.10. The number of likely N-dealkylation sites (tertiary alicyclic amines) is 1. The zero-order valence-electron chi connectivity index (χ0n) is 17.4. The van der Waals surface area contributed by atoms with Crippen molar-refractivity contribution in [3.63, 3.8) is 0 Å². The molecule has 0 aliphatic carbocycles. The van der Waals surface area contributed by atoms with Crippen molar-refractivity contribution in [3.8, 4) is 5.69 Å². The molecule has 5 rings (SSSR count). The lowest BCUT2D eigenvalue weighted by Crippen LogP contribution is -2.51. The SMILES string of the molecule is Cc1ccc2c(c1C)-n1cccc1C1(CCN(C(=O)Cc3ccc(Cl)cc3)CC1)N2. The largest absolute Gasteiger partial charge is 0.372 e. The number of aryl methyl sites for hydroxylation is 1. The second-order valence-electron chi connectivity index (χ2n) is 8.56. The molecular weight excluding hydrogens is 394 g/mol. The molecule has 3 heterocycles. The minimum Gasteiger partial charge on any atom is -0.372 e. The molecule has 0 saturated carbocycles. The predicted octanol–water partition coefficient (Wildman–Crippen LogP) is 5.23. The van der Waals surface area contributed by atoms with Gasteiger partial charge in [0.1, 0.15) is 0 Å². The zero-order valence-corrected chi connectivity index (χ0v) is 18.2. The van der Waals surface area contributed by atoms with E-state index in [9.17, 15) is 4.79 Å². The average Bonchev–Trinajstić information content (AvgIpc) is 3.24. The van der Waals surface area contributed by atoms with E-state index in [1.807, 2.05) is 29.2 Å². The van der Waals surface area contributed by atoms with Gasteiger partial charge >= 0.3 is 0 Å². The summed E-state index contributed by atoms with van der Waals surface area (Å²) in [6.45, 7) is 5.86. The number of nitrogens with one attached hydrogen (secondary N) is 1. The third-order valence-corrected chi connectivity index (χ3v) is 7.05. The fourth-order valence-electron chi connectivity index (χ4n) is 4.91. The normalized spacial score (nSPS) is 16.7. The van der Waals surface area contributed by atoms with Crippen LogP contribution in [0.5, 0.6) is 0 Å². The summed E-state index contributed by atoms with van der Waals surface area (Å²) in [5.41, 5.74) is 7.22. The first kappa shape index (κ1) is 19.3. The first-order chi connectivity index (χ1) is 14.5. The van der Waals surface area contributed by atoms with Crippen LogP contribution in [0.25, 0.3) is 5.69 Å². The van der Waals surface area contributed by atoms with Crippen LogP contribution in [0.15, 0.2) is 54.7 Å². The lowest BCUT2D eigenvalue weighted by molar-refractivity contribution is -0.132. The van der Waals surface area contributed by atoms with E-state index in [1.54, 1.807) is 0 Å². The molecule has 1 N–H and O–H groups in total. The Morgan fingerprint density at radius 3 is 2.53 bits per heavy atom. The molecule has 0 unspecified atom stereocenters. The van der Waals surface area contributed by atoms with E-state index in [1.165, 1.54) is 28.2 Å². The van der Waals surface area contributed by atoms with Crippen molar-refractivity contribution in [2.24, 2.45) is 0 Å². The number of halogens is 1. The lowest BCUT2D eigenvalue weighted by Gasteiger charge is -2.46. The molecule has 30 heavy (non-hydrogen) atoms. The van der Waals surface area contributed by atoms with Crippen LogP contribution in [-0.2, 0) is 16.8 Å². The van der Waals surface area contributed by atoms with Gasteiger partial charge in [-0.3, -0.25) is 4.79 Å². The molecule has 1 aromatic heterocycles. The molecule has 2 aliphatic rings. The third-order valence-electron chi connectivity index (χ3n) is 6.79. The Bertz CT molecular complexity index is 1110. The van der Waals surface area contributed by atoms with E-state index < -0.39 is 0 Å². The Morgan fingerprint density at radius 1 is 1.07 bits per heavy atom. The highest BCUT2D eigenvalue weighted by molar-refractivity contribution is 6.30. The molecule has 4 nitrogen and oxygen atoms in total. The number of carbonyl (C=O) groups is 1. The van der Waals surface area contributed by atoms with Gasteiger partial charge in [0.2, 0.25) is 5.91 Å². The Morgan fingerprint density at radius 2 is 1.80 bits per heavy atom. The predicted molar refractivity (Wildman–Crippen MR) is 122 cm³/mol. The first-order valence-electron chi connectivity index (χ1n) is 10.6. The van der Waals surface area contributed by atoms with Crippen LogP contribution in [0, 0.1) is 13.8 Å². The smallest absolute Gasteiger partial charge is 0.226 e. The summed E-state index contributed by atoms with van der Waals surface area (Å²) in [7, 11) is 0. The highest BCUT2D eigenvalue weighted by Crippen LogP contribution is 2.44. The maximum Gasteiger partial charge on any atom is 0.226 e. The van der Waals surface area contributed by atoms with Crippen LogP contribution in [0.4, 0.5) is 5.69 Å². The van der Waals surface area contributed by atoms with Gasteiger partial charge in [0.05, 0.1) is 23.3 Å². The van der Waals surface area contributed by atoms with Crippen molar-refractivity contribution in [2.75, 3.05) is 18.4 Å². The zero-order chi connectivity index (χ0) is 20.9. The Labute approximate surface area is 182 Å². The van der Waals surface area contributed by atoms with Gasteiger partial charge in [-0.15, -0.1) is 0 Å². The van der Waals surface area contributed by atoms with Gasteiger partial charge in [-0.2, -0.15) is 0 Å². The molecule has 154 valence electrons. The molecule has 5 heteroatoms. The Kier molecular flexibility index (Phi) is 4.62. The maximum atomic E-state index is 12.9. The maximum absolute atomic E-state index is 12.9. The number of aromatic nitrogens is 1. The minimum atomic E-state index is -0.130. The van der Waals surface area contributed by atoms with Crippen molar-refractivity contribution < 1.29 is 4.79 Å². The Hall–Kier alpha value is -2.72. The summed E-state index contributed by atoms with van der Waals surface area (Å²) in [4.78, 5) is 14.9. The highest BCUT2D eigenvalue weighted by atomic mass is 35.5. The van der Waals surface area contributed by atoms with Gasteiger partial charge < -0.3 is 14.8 Å². The average molecular weight is 420 g/mol. The van der Waals surface area contributed by atoms with E-state index in [-0.39, 0.29) is 11.4 Å². The van der Waals surface area contributed by atoms with E-state index >= 15 is 0 Å². The molecule has 1 saturated heterocycles. The number of fused-ring (bicyclic) bond motifs is 4. The van der Waals surface area contributed by atoms with Crippen molar-refractivity contribution in [2.45, 2.75) is 38.6 Å². The summed E-state index contributed by atoms with van der Waals surface area (Å²) in [6, 6.07) is 16.3. The second-order valence-corrected chi connectivity index (χ2v) is 8.99. The van der Waals surface area contributed by atoms with Crippen LogP contribution >= 0.6 is 11.6 Å². The number of carbonyl (C=O) groups excluding carboxylic acids is 1. The summed E-state index contributed by atoms with van der Waals surface area (Å²) >= 11 is 5.96. The number of hydrogen-bond acceptors (Lipinski definition) is 2. The van der Waals surface area contributed by atoms with Crippen LogP contribution < -0.4 is 5.32 Å². The number of nitrogens with zero attached hydrogens (tertiary/aromatic N) is 2. The molecule has 1 amide bonds. The lowest BCUT2D eigenvalue weighted by atomic mass is 9.81. The molecule has 0 atom stereocenters. The van der Waals surface area contributed by atoms with Crippen molar-refractivity contribution in [1.82, 2.24) is 9.47 Å². The fourth-order valence-corrected chi connectivity index (χ4v) is 5.03. The van der Waals surface area contributed by atoms with Gasteiger partial charge in [0.15, 0.2) is 0 Å². The van der Waals surface area contributed by atoms with Crippen molar-refractivity contribution in [3.05, 3.63) is 82.1 Å².